The zero-order valence-electron chi connectivity index (χ0n) is 11.6. The lowest BCUT2D eigenvalue weighted by molar-refractivity contribution is 0.0916. The summed E-state index contributed by atoms with van der Waals surface area (Å²) in [5, 5.41) is 10.3. The Morgan fingerprint density at radius 3 is 2.77 bits per heavy atom. The molecule has 0 aliphatic carbocycles. The minimum atomic E-state index is -0.302. The molecule has 1 aromatic carbocycles. The van der Waals surface area contributed by atoms with Crippen LogP contribution in [0.15, 0.2) is 57.6 Å². The molecule has 0 saturated carbocycles. The van der Waals surface area contributed by atoms with Crippen LogP contribution < -0.4 is 10.1 Å². The fourth-order valence-electron chi connectivity index (χ4n) is 1.76. The Kier molecular flexibility index (Phi) is 4.15. The van der Waals surface area contributed by atoms with E-state index in [2.05, 4.69) is 15.5 Å². The molecule has 0 unspecified atom stereocenters. The Morgan fingerprint density at radius 2 is 2.00 bits per heavy atom. The molecule has 0 aliphatic rings. The van der Waals surface area contributed by atoms with E-state index >= 15 is 0 Å². The smallest absolute Gasteiger partial charge is 0.414 e. The molecule has 7 heteroatoms. The van der Waals surface area contributed by atoms with Crippen molar-refractivity contribution in [2.75, 3.05) is 13.2 Å². The van der Waals surface area contributed by atoms with Crippen LogP contribution in [0.2, 0.25) is 0 Å². The van der Waals surface area contributed by atoms with Crippen molar-refractivity contribution in [1.82, 2.24) is 15.5 Å². The van der Waals surface area contributed by atoms with E-state index in [1.54, 1.807) is 12.1 Å². The zero-order chi connectivity index (χ0) is 15.2. The van der Waals surface area contributed by atoms with Crippen LogP contribution in [0.5, 0.6) is 6.08 Å². The predicted octanol–water partition coefficient (Wildman–Crippen LogP) is 2.14. The van der Waals surface area contributed by atoms with Crippen molar-refractivity contribution in [3.05, 3.63) is 54.5 Å². The number of hydrogen-bond donors (Lipinski definition) is 1. The Balaban J connectivity index is 1.47. The third kappa shape index (κ3) is 3.32. The summed E-state index contributed by atoms with van der Waals surface area (Å²) in [5.74, 6) is 0.337. The maximum atomic E-state index is 11.6. The molecule has 0 radical (unpaired) electrons. The summed E-state index contributed by atoms with van der Waals surface area (Å²) in [6, 6.07) is 12.6. The molecule has 0 bridgehead atoms. The number of amides is 1. The first-order valence-electron chi connectivity index (χ1n) is 6.66. The average Bonchev–Trinajstić information content (AvgIpc) is 3.24. The topological polar surface area (TPSA) is 90.4 Å². The van der Waals surface area contributed by atoms with Gasteiger partial charge in [0, 0.05) is 5.56 Å². The van der Waals surface area contributed by atoms with E-state index in [-0.39, 0.29) is 24.4 Å². The van der Waals surface area contributed by atoms with Gasteiger partial charge in [-0.05, 0) is 24.3 Å². The van der Waals surface area contributed by atoms with E-state index < -0.39 is 0 Å². The van der Waals surface area contributed by atoms with Gasteiger partial charge >= 0.3 is 6.08 Å². The number of hydrogen-bond acceptors (Lipinski definition) is 6. The second kappa shape index (κ2) is 6.57. The van der Waals surface area contributed by atoms with Crippen LogP contribution in [-0.2, 0) is 0 Å². The largest absolute Gasteiger partial charge is 0.459 e. The van der Waals surface area contributed by atoms with Gasteiger partial charge in [-0.3, -0.25) is 4.79 Å². The number of rotatable bonds is 6. The van der Waals surface area contributed by atoms with Crippen molar-refractivity contribution < 1.29 is 18.4 Å². The fourth-order valence-corrected chi connectivity index (χ4v) is 1.76. The van der Waals surface area contributed by atoms with Crippen LogP contribution in [-0.4, -0.2) is 29.3 Å². The minimum Gasteiger partial charge on any atom is -0.459 e. The van der Waals surface area contributed by atoms with Crippen molar-refractivity contribution >= 4 is 5.91 Å². The fraction of sp³-hybridized carbons (Fsp3) is 0.133. The van der Waals surface area contributed by atoms with Crippen LogP contribution in [0.3, 0.4) is 0 Å². The Hall–Kier alpha value is -3.09. The summed E-state index contributed by atoms with van der Waals surface area (Å²) in [6.07, 6.45) is 1.50. The van der Waals surface area contributed by atoms with Crippen LogP contribution in [0.1, 0.15) is 10.6 Å². The van der Waals surface area contributed by atoms with E-state index in [4.69, 9.17) is 13.6 Å². The van der Waals surface area contributed by atoms with Gasteiger partial charge in [0.15, 0.2) is 5.76 Å². The molecule has 0 fully saturated rings. The van der Waals surface area contributed by atoms with Gasteiger partial charge in [-0.1, -0.05) is 23.3 Å². The highest BCUT2D eigenvalue weighted by atomic mass is 16.6. The lowest BCUT2D eigenvalue weighted by Crippen LogP contribution is -2.27. The number of carbonyl (C=O) groups excluding carboxylic acids is 1. The maximum Gasteiger partial charge on any atom is 0.414 e. The molecule has 0 aliphatic heterocycles. The van der Waals surface area contributed by atoms with Gasteiger partial charge in [0.2, 0.25) is 0 Å². The van der Waals surface area contributed by atoms with Gasteiger partial charge in [0.05, 0.1) is 12.8 Å². The third-order valence-corrected chi connectivity index (χ3v) is 2.79. The molecule has 0 atom stereocenters. The molecule has 2 aromatic heterocycles. The van der Waals surface area contributed by atoms with E-state index in [0.29, 0.717) is 12.4 Å². The Labute approximate surface area is 125 Å². The van der Waals surface area contributed by atoms with Crippen molar-refractivity contribution in [1.29, 1.82) is 0 Å². The number of nitrogens with zero attached hydrogens (tertiary/aromatic N) is 2. The van der Waals surface area contributed by atoms with Gasteiger partial charge in [-0.2, -0.15) is 0 Å². The van der Waals surface area contributed by atoms with Gasteiger partial charge in [-0.15, -0.1) is 5.10 Å². The highest BCUT2D eigenvalue weighted by Gasteiger charge is 2.10. The van der Waals surface area contributed by atoms with Crippen molar-refractivity contribution in [2.24, 2.45) is 0 Å². The van der Waals surface area contributed by atoms with Crippen LogP contribution in [0.25, 0.3) is 11.5 Å². The van der Waals surface area contributed by atoms with Gasteiger partial charge in [-0.25, -0.2) is 0 Å². The molecule has 7 nitrogen and oxygen atoms in total. The molecule has 1 amide bonds. The van der Waals surface area contributed by atoms with Crippen molar-refractivity contribution in [3.8, 4) is 17.5 Å². The summed E-state index contributed by atoms with van der Waals surface area (Å²) in [7, 11) is 0. The lowest BCUT2D eigenvalue weighted by Gasteiger charge is -2.02. The molecular weight excluding hydrogens is 286 g/mol. The lowest BCUT2D eigenvalue weighted by atomic mass is 10.2. The summed E-state index contributed by atoms with van der Waals surface area (Å²) in [5.41, 5.74) is 0.816. The number of aromatic nitrogens is 2. The summed E-state index contributed by atoms with van der Waals surface area (Å²) >= 11 is 0. The Morgan fingerprint density at radius 1 is 1.14 bits per heavy atom. The van der Waals surface area contributed by atoms with Crippen molar-refractivity contribution in [3.63, 3.8) is 0 Å². The third-order valence-electron chi connectivity index (χ3n) is 2.79. The molecule has 3 rings (SSSR count). The van der Waals surface area contributed by atoms with Crippen LogP contribution in [0.4, 0.5) is 0 Å². The highest BCUT2D eigenvalue weighted by Crippen LogP contribution is 2.19. The standard InChI is InChI=1S/C15H13N3O4/c19-13(12-7-4-9-20-12)16-8-10-21-15-18-17-14(22-15)11-5-2-1-3-6-11/h1-7,9H,8,10H2,(H,16,19). The van der Waals surface area contributed by atoms with Crippen molar-refractivity contribution in [2.45, 2.75) is 0 Å². The van der Waals surface area contributed by atoms with Crippen LogP contribution >= 0.6 is 0 Å². The highest BCUT2D eigenvalue weighted by molar-refractivity contribution is 5.91. The molecule has 2 heterocycles. The van der Waals surface area contributed by atoms with Gasteiger partial charge in [0.25, 0.3) is 11.8 Å². The Bertz CT molecular complexity index is 722. The molecule has 22 heavy (non-hydrogen) atoms. The maximum absolute atomic E-state index is 11.6. The number of nitrogens with one attached hydrogen (secondary N) is 1. The molecule has 0 saturated heterocycles. The average molecular weight is 299 g/mol. The first-order valence-corrected chi connectivity index (χ1v) is 6.66. The van der Waals surface area contributed by atoms with E-state index in [0.717, 1.165) is 5.56 Å². The second-order valence-corrected chi connectivity index (χ2v) is 4.32. The van der Waals surface area contributed by atoms with E-state index in [1.807, 2.05) is 30.3 Å². The molecule has 112 valence electrons. The quantitative estimate of drug-likeness (QED) is 0.701. The van der Waals surface area contributed by atoms with Gasteiger partial charge in [0.1, 0.15) is 6.61 Å². The zero-order valence-corrected chi connectivity index (χ0v) is 11.6. The van der Waals surface area contributed by atoms with Crippen LogP contribution in [0, 0.1) is 0 Å². The minimum absolute atomic E-state index is 0.0612. The summed E-state index contributed by atoms with van der Waals surface area (Å²) in [6.45, 7) is 0.505. The number of carbonyl (C=O) groups is 1. The summed E-state index contributed by atoms with van der Waals surface area (Å²) < 4.78 is 15.6. The molecule has 0 spiro atoms. The molecular formula is C15H13N3O4. The predicted molar refractivity (Wildman–Crippen MR) is 76.3 cm³/mol. The first kappa shape index (κ1) is 13.9. The second-order valence-electron chi connectivity index (χ2n) is 4.32. The summed E-state index contributed by atoms with van der Waals surface area (Å²) in [4.78, 5) is 11.6. The number of furan rings is 1. The number of ether oxygens (including phenoxy) is 1. The molecule has 3 aromatic rings. The van der Waals surface area contributed by atoms with Gasteiger partial charge < -0.3 is 18.9 Å². The monoisotopic (exact) mass is 299 g/mol. The SMILES string of the molecule is O=C(NCCOc1nnc(-c2ccccc2)o1)c1ccco1. The molecule has 1 N–H and O–H groups in total. The first-order chi connectivity index (χ1) is 10.8. The van der Waals surface area contributed by atoms with E-state index in [9.17, 15) is 4.79 Å². The van der Waals surface area contributed by atoms with E-state index in [1.165, 1.54) is 6.26 Å². The normalized spacial score (nSPS) is 10.4. The number of benzene rings is 1.